The summed E-state index contributed by atoms with van der Waals surface area (Å²) in [7, 11) is 0. The second-order valence-corrected chi connectivity index (χ2v) is 4.96. The van der Waals surface area contributed by atoms with Crippen LogP contribution in [0.4, 0.5) is 5.69 Å². The molecule has 3 nitrogen and oxygen atoms in total. The van der Waals surface area contributed by atoms with Crippen LogP contribution in [-0.2, 0) is 4.79 Å². The van der Waals surface area contributed by atoms with Gasteiger partial charge in [0.15, 0.2) is 5.78 Å². The largest absolute Gasteiger partial charge is 0.326 e. The van der Waals surface area contributed by atoms with Gasteiger partial charge in [0.2, 0.25) is 5.91 Å². The van der Waals surface area contributed by atoms with E-state index in [0.717, 1.165) is 0 Å². The van der Waals surface area contributed by atoms with Crippen LogP contribution in [0.25, 0.3) is 0 Å². The molecule has 0 saturated carbocycles. The predicted octanol–water partition coefficient (Wildman–Crippen LogP) is 4.20. The van der Waals surface area contributed by atoms with Crippen molar-refractivity contribution in [2.24, 2.45) is 0 Å². The Labute approximate surface area is 126 Å². The van der Waals surface area contributed by atoms with E-state index in [1.54, 1.807) is 36.4 Å². The zero-order valence-electron chi connectivity index (χ0n) is 10.4. The summed E-state index contributed by atoms with van der Waals surface area (Å²) in [6.45, 7) is 0. The molecule has 5 heteroatoms. The molecule has 1 amide bonds. The van der Waals surface area contributed by atoms with Crippen molar-refractivity contribution in [3.05, 3.63) is 64.1 Å². The van der Waals surface area contributed by atoms with E-state index in [1.165, 1.54) is 6.07 Å². The van der Waals surface area contributed by atoms with Gasteiger partial charge >= 0.3 is 0 Å². The molecular formula is C15H11Cl2NO2. The Balaban J connectivity index is 1.99. The first-order chi connectivity index (χ1) is 9.56. The lowest BCUT2D eigenvalue weighted by Gasteiger charge is -2.06. The average molecular weight is 308 g/mol. The molecule has 0 aliphatic heterocycles. The van der Waals surface area contributed by atoms with Gasteiger partial charge in [0.25, 0.3) is 0 Å². The number of carbonyl (C=O) groups is 2. The molecule has 0 bridgehead atoms. The number of benzene rings is 2. The zero-order valence-corrected chi connectivity index (χ0v) is 11.9. The smallest absolute Gasteiger partial charge is 0.232 e. The summed E-state index contributed by atoms with van der Waals surface area (Å²) in [5.74, 6) is -0.625. The van der Waals surface area contributed by atoms with E-state index in [-0.39, 0.29) is 12.2 Å². The summed E-state index contributed by atoms with van der Waals surface area (Å²) < 4.78 is 0. The van der Waals surface area contributed by atoms with Gasteiger partial charge in [-0.25, -0.2) is 0 Å². The van der Waals surface area contributed by atoms with Crippen molar-refractivity contribution < 1.29 is 9.59 Å². The second-order valence-electron chi connectivity index (χ2n) is 4.14. The molecule has 0 atom stereocenters. The van der Waals surface area contributed by atoms with Crippen LogP contribution in [0.3, 0.4) is 0 Å². The van der Waals surface area contributed by atoms with Gasteiger partial charge in [-0.1, -0.05) is 53.5 Å². The third-order valence-corrected chi connectivity index (χ3v) is 3.36. The Morgan fingerprint density at radius 2 is 1.65 bits per heavy atom. The molecule has 0 spiro atoms. The molecule has 2 aromatic carbocycles. The minimum Gasteiger partial charge on any atom is -0.326 e. The molecule has 20 heavy (non-hydrogen) atoms. The van der Waals surface area contributed by atoms with Crippen molar-refractivity contribution >= 4 is 40.6 Å². The van der Waals surface area contributed by atoms with Crippen LogP contribution in [0, 0.1) is 0 Å². The standard InChI is InChI=1S/C15H11Cl2NO2/c16-12-7-6-11(8-13(12)17)18-15(20)9-14(19)10-4-2-1-3-5-10/h1-8H,9H2,(H,18,20). The first kappa shape index (κ1) is 14.6. The van der Waals surface area contributed by atoms with Crippen molar-refractivity contribution in [2.75, 3.05) is 5.32 Å². The highest BCUT2D eigenvalue weighted by Crippen LogP contribution is 2.25. The van der Waals surface area contributed by atoms with Gasteiger partial charge in [-0.05, 0) is 18.2 Å². The third-order valence-electron chi connectivity index (χ3n) is 2.62. The lowest BCUT2D eigenvalue weighted by molar-refractivity contribution is -0.115. The van der Waals surface area contributed by atoms with Crippen molar-refractivity contribution in [2.45, 2.75) is 6.42 Å². The summed E-state index contributed by atoms with van der Waals surface area (Å²) in [4.78, 5) is 23.6. The van der Waals surface area contributed by atoms with Crippen molar-refractivity contribution in [3.8, 4) is 0 Å². The zero-order chi connectivity index (χ0) is 14.5. The molecule has 0 aromatic heterocycles. The number of nitrogens with one attached hydrogen (secondary N) is 1. The number of anilines is 1. The molecule has 0 heterocycles. The molecule has 1 N–H and O–H groups in total. The van der Waals surface area contributed by atoms with Gasteiger partial charge in [0.05, 0.1) is 16.5 Å². The van der Waals surface area contributed by atoms with Crippen LogP contribution in [-0.4, -0.2) is 11.7 Å². The first-order valence-electron chi connectivity index (χ1n) is 5.89. The van der Waals surface area contributed by atoms with Gasteiger partial charge in [0, 0.05) is 11.3 Å². The normalized spacial score (nSPS) is 10.1. The molecule has 0 aliphatic rings. The topological polar surface area (TPSA) is 46.2 Å². The Kier molecular flexibility index (Phi) is 4.77. The maximum absolute atomic E-state index is 11.9. The van der Waals surface area contributed by atoms with Crippen LogP contribution < -0.4 is 5.32 Å². The second kappa shape index (κ2) is 6.55. The minimum atomic E-state index is -0.391. The predicted molar refractivity (Wildman–Crippen MR) is 80.5 cm³/mol. The summed E-state index contributed by atoms with van der Waals surface area (Å²) in [6, 6.07) is 13.4. The van der Waals surface area contributed by atoms with E-state index in [2.05, 4.69) is 5.32 Å². The van der Waals surface area contributed by atoms with Gasteiger partial charge in [-0.3, -0.25) is 9.59 Å². The quantitative estimate of drug-likeness (QED) is 0.679. The fourth-order valence-electron chi connectivity index (χ4n) is 1.65. The Bertz CT molecular complexity index is 642. The SMILES string of the molecule is O=C(CC(=O)c1ccccc1)Nc1ccc(Cl)c(Cl)c1. The maximum atomic E-state index is 11.9. The number of rotatable bonds is 4. The van der Waals surface area contributed by atoms with Crippen LogP contribution in [0.1, 0.15) is 16.8 Å². The third kappa shape index (κ3) is 3.83. The first-order valence-corrected chi connectivity index (χ1v) is 6.65. The van der Waals surface area contributed by atoms with E-state index in [9.17, 15) is 9.59 Å². The molecule has 2 rings (SSSR count). The van der Waals surface area contributed by atoms with E-state index in [4.69, 9.17) is 23.2 Å². The number of hydrogen-bond acceptors (Lipinski definition) is 2. The highest BCUT2D eigenvalue weighted by atomic mass is 35.5. The number of halogens is 2. The van der Waals surface area contributed by atoms with Gasteiger partial charge in [0.1, 0.15) is 0 Å². The lowest BCUT2D eigenvalue weighted by atomic mass is 10.1. The molecule has 0 radical (unpaired) electrons. The van der Waals surface area contributed by atoms with Gasteiger partial charge in [-0.15, -0.1) is 0 Å². The van der Waals surface area contributed by atoms with E-state index >= 15 is 0 Å². The fourth-order valence-corrected chi connectivity index (χ4v) is 1.95. The number of amides is 1. The number of carbonyl (C=O) groups excluding carboxylic acids is 2. The van der Waals surface area contributed by atoms with E-state index in [1.807, 2.05) is 6.07 Å². The average Bonchev–Trinajstić information content (AvgIpc) is 2.44. The lowest BCUT2D eigenvalue weighted by Crippen LogP contribution is -2.16. The number of Topliss-reactive ketones (excluding diaryl/α,β-unsaturated/α-hetero) is 1. The highest BCUT2D eigenvalue weighted by Gasteiger charge is 2.12. The van der Waals surface area contributed by atoms with Crippen molar-refractivity contribution in [1.29, 1.82) is 0 Å². The van der Waals surface area contributed by atoms with E-state index in [0.29, 0.717) is 21.3 Å². The fraction of sp³-hybridized carbons (Fsp3) is 0.0667. The molecule has 102 valence electrons. The van der Waals surface area contributed by atoms with E-state index < -0.39 is 5.91 Å². The van der Waals surface area contributed by atoms with Crippen LogP contribution >= 0.6 is 23.2 Å². The summed E-state index contributed by atoms with van der Waals surface area (Å²) in [6.07, 6.45) is -0.218. The highest BCUT2D eigenvalue weighted by molar-refractivity contribution is 6.42. The van der Waals surface area contributed by atoms with Crippen LogP contribution in [0.5, 0.6) is 0 Å². The number of hydrogen-bond donors (Lipinski definition) is 1. The molecule has 0 saturated heterocycles. The number of ketones is 1. The molecular weight excluding hydrogens is 297 g/mol. The van der Waals surface area contributed by atoms with Crippen LogP contribution in [0.2, 0.25) is 10.0 Å². The van der Waals surface area contributed by atoms with Gasteiger partial charge < -0.3 is 5.32 Å². The molecule has 0 unspecified atom stereocenters. The van der Waals surface area contributed by atoms with Gasteiger partial charge in [-0.2, -0.15) is 0 Å². The minimum absolute atomic E-state index is 0.218. The van der Waals surface area contributed by atoms with Crippen LogP contribution in [0.15, 0.2) is 48.5 Å². The summed E-state index contributed by atoms with van der Waals surface area (Å²) >= 11 is 11.6. The maximum Gasteiger partial charge on any atom is 0.232 e. The Morgan fingerprint density at radius 1 is 0.950 bits per heavy atom. The monoisotopic (exact) mass is 307 g/mol. The Hall–Kier alpha value is -1.84. The Morgan fingerprint density at radius 3 is 2.30 bits per heavy atom. The van der Waals surface area contributed by atoms with Crippen molar-refractivity contribution in [3.63, 3.8) is 0 Å². The summed E-state index contributed by atoms with van der Waals surface area (Å²) in [5, 5.41) is 3.36. The molecule has 2 aromatic rings. The molecule has 0 fully saturated rings. The van der Waals surface area contributed by atoms with Crippen molar-refractivity contribution in [1.82, 2.24) is 0 Å². The molecule has 0 aliphatic carbocycles. The summed E-state index contributed by atoms with van der Waals surface area (Å²) in [5.41, 5.74) is 1.02.